The maximum Gasteiger partial charge on any atom is 0.348 e. The van der Waals surface area contributed by atoms with Crippen molar-refractivity contribution >= 4 is 11.9 Å². The van der Waals surface area contributed by atoms with Gasteiger partial charge in [0, 0.05) is 6.92 Å². The minimum absolute atomic E-state index is 0.787. The van der Waals surface area contributed by atoms with Gasteiger partial charge in [0.25, 0.3) is 0 Å². The molecule has 1 atom stereocenters. The second-order valence-electron chi connectivity index (χ2n) is 1.53. The van der Waals surface area contributed by atoms with Crippen LogP contribution in [0.1, 0.15) is 13.8 Å². The summed E-state index contributed by atoms with van der Waals surface area (Å²) in [5.74, 6) is -1.92. The third-order valence-corrected chi connectivity index (χ3v) is 0.569. The highest BCUT2D eigenvalue weighted by atomic mass is 19.1. The Morgan fingerprint density at radius 3 is 2.11 bits per heavy atom. The lowest BCUT2D eigenvalue weighted by atomic mass is 10.4. The smallest absolute Gasteiger partial charge is 0.348 e. The van der Waals surface area contributed by atoms with Gasteiger partial charge in [0.05, 0.1) is 0 Å². The number of halogens is 1. The van der Waals surface area contributed by atoms with E-state index < -0.39 is 18.1 Å². The van der Waals surface area contributed by atoms with E-state index in [1.165, 1.54) is 0 Å². The summed E-state index contributed by atoms with van der Waals surface area (Å²) in [5.41, 5.74) is 0. The lowest BCUT2D eigenvalue weighted by molar-refractivity contribution is -0.161. The average Bonchev–Trinajstić information content (AvgIpc) is 1.63. The number of carbonyl (C=O) groups excluding carboxylic acids is 2. The van der Waals surface area contributed by atoms with Gasteiger partial charge >= 0.3 is 11.9 Å². The molecule has 0 saturated carbocycles. The molecule has 0 aliphatic rings. The fourth-order valence-corrected chi connectivity index (χ4v) is 0.223. The highest BCUT2D eigenvalue weighted by molar-refractivity contribution is 5.86. The Labute approximate surface area is 51.8 Å². The molecule has 9 heavy (non-hydrogen) atoms. The summed E-state index contributed by atoms with van der Waals surface area (Å²) in [6, 6.07) is 0. The summed E-state index contributed by atoms with van der Waals surface area (Å²) in [5, 5.41) is 0. The van der Waals surface area contributed by atoms with E-state index in [9.17, 15) is 14.0 Å². The molecule has 0 heterocycles. The predicted octanol–water partition coefficient (Wildman–Crippen LogP) is 0.434. The van der Waals surface area contributed by atoms with Gasteiger partial charge in [0.1, 0.15) is 0 Å². The minimum atomic E-state index is -1.73. The van der Waals surface area contributed by atoms with Gasteiger partial charge in [0.15, 0.2) is 6.17 Å². The maximum absolute atomic E-state index is 11.8. The van der Waals surface area contributed by atoms with Gasteiger partial charge in [-0.1, -0.05) is 0 Å². The zero-order valence-corrected chi connectivity index (χ0v) is 5.18. The first-order chi connectivity index (χ1) is 4.04. The lowest BCUT2D eigenvalue weighted by Gasteiger charge is -1.97. The number of ether oxygens (including phenoxy) is 1. The highest BCUT2D eigenvalue weighted by Crippen LogP contribution is 1.91. The van der Waals surface area contributed by atoms with Crippen molar-refractivity contribution in [2.75, 3.05) is 0 Å². The van der Waals surface area contributed by atoms with Crippen LogP contribution in [-0.4, -0.2) is 18.1 Å². The fourth-order valence-electron chi connectivity index (χ4n) is 0.223. The van der Waals surface area contributed by atoms with E-state index in [2.05, 4.69) is 4.74 Å². The average molecular weight is 134 g/mol. The number of carbonyl (C=O) groups is 2. The first-order valence-electron chi connectivity index (χ1n) is 2.40. The molecular weight excluding hydrogens is 127 g/mol. The van der Waals surface area contributed by atoms with E-state index in [1.54, 1.807) is 0 Å². The summed E-state index contributed by atoms with van der Waals surface area (Å²) in [7, 11) is 0. The molecule has 0 saturated heterocycles. The lowest BCUT2D eigenvalue weighted by Crippen LogP contribution is -2.17. The first-order valence-corrected chi connectivity index (χ1v) is 2.40. The molecule has 0 bridgehead atoms. The number of alkyl halides is 1. The largest absolute Gasteiger partial charge is 0.391 e. The van der Waals surface area contributed by atoms with Gasteiger partial charge in [0.2, 0.25) is 0 Å². The molecule has 0 spiro atoms. The van der Waals surface area contributed by atoms with E-state index in [4.69, 9.17) is 0 Å². The van der Waals surface area contributed by atoms with Crippen molar-refractivity contribution in [1.29, 1.82) is 0 Å². The molecule has 0 aromatic heterocycles. The van der Waals surface area contributed by atoms with Crippen LogP contribution in [-0.2, 0) is 14.3 Å². The van der Waals surface area contributed by atoms with Gasteiger partial charge in [-0.05, 0) is 6.92 Å². The molecule has 0 aliphatic carbocycles. The van der Waals surface area contributed by atoms with Gasteiger partial charge in [-0.15, -0.1) is 0 Å². The van der Waals surface area contributed by atoms with E-state index in [0.29, 0.717) is 0 Å². The normalized spacial score (nSPS) is 12.3. The highest BCUT2D eigenvalue weighted by Gasteiger charge is 2.13. The van der Waals surface area contributed by atoms with Crippen LogP contribution in [0.25, 0.3) is 0 Å². The van der Waals surface area contributed by atoms with E-state index >= 15 is 0 Å². The SMILES string of the molecule is CC(=O)OC(=O)C(C)F. The van der Waals surface area contributed by atoms with E-state index in [-0.39, 0.29) is 0 Å². The zero-order chi connectivity index (χ0) is 7.44. The monoisotopic (exact) mass is 134 g/mol. The van der Waals surface area contributed by atoms with Crippen LogP contribution in [0.2, 0.25) is 0 Å². The second-order valence-corrected chi connectivity index (χ2v) is 1.53. The number of rotatable bonds is 1. The third kappa shape index (κ3) is 3.64. The summed E-state index contributed by atoms with van der Waals surface area (Å²) in [4.78, 5) is 20.1. The van der Waals surface area contributed by atoms with Crippen LogP contribution < -0.4 is 0 Å². The Morgan fingerprint density at radius 1 is 1.56 bits per heavy atom. The van der Waals surface area contributed by atoms with Gasteiger partial charge in [-0.3, -0.25) is 4.79 Å². The number of hydrogen-bond donors (Lipinski definition) is 0. The Bertz CT molecular complexity index is 130. The third-order valence-electron chi connectivity index (χ3n) is 0.569. The zero-order valence-electron chi connectivity index (χ0n) is 5.18. The Balaban J connectivity index is 3.64. The standard InChI is InChI=1S/C5H7FO3/c1-3(6)5(8)9-4(2)7/h3H,1-2H3. The van der Waals surface area contributed by atoms with Crippen molar-refractivity contribution in [2.24, 2.45) is 0 Å². The molecule has 0 N–H and O–H groups in total. The molecule has 4 heteroatoms. The van der Waals surface area contributed by atoms with Crippen molar-refractivity contribution in [3.05, 3.63) is 0 Å². The molecule has 0 rings (SSSR count). The van der Waals surface area contributed by atoms with Crippen molar-refractivity contribution in [2.45, 2.75) is 20.0 Å². The molecule has 3 nitrogen and oxygen atoms in total. The van der Waals surface area contributed by atoms with Crippen LogP contribution >= 0.6 is 0 Å². The first kappa shape index (κ1) is 8.07. The molecule has 0 radical (unpaired) electrons. The summed E-state index contributed by atoms with van der Waals surface area (Å²) in [6.45, 7) is 2.05. The molecule has 1 unspecified atom stereocenters. The van der Waals surface area contributed by atoms with E-state index in [1.807, 2.05) is 0 Å². The molecule has 52 valence electrons. The van der Waals surface area contributed by atoms with Crippen molar-refractivity contribution in [3.8, 4) is 0 Å². The van der Waals surface area contributed by atoms with Crippen molar-refractivity contribution in [3.63, 3.8) is 0 Å². The Hall–Kier alpha value is -0.930. The molecular formula is C5H7FO3. The van der Waals surface area contributed by atoms with Crippen LogP contribution in [0.15, 0.2) is 0 Å². The number of hydrogen-bond acceptors (Lipinski definition) is 3. The van der Waals surface area contributed by atoms with Gasteiger partial charge < -0.3 is 4.74 Å². The topological polar surface area (TPSA) is 43.4 Å². The molecule has 0 aromatic rings. The summed E-state index contributed by atoms with van der Waals surface area (Å²) < 4.78 is 15.7. The maximum atomic E-state index is 11.8. The molecule has 0 amide bonds. The van der Waals surface area contributed by atoms with Crippen LogP contribution in [0.4, 0.5) is 4.39 Å². The van der Waals surface area contributed by atoms with Gasteiger partial charge in [-0.25, -0.2) is 9.18 Å². The summed E-state index contributed by atoms with van der Waals surface area (Å²) >= 11 is 0. The Morgan fingerprint density at radius 2 is 2.00 bits per heavy atom. The molecule has 0 fully saturated rings. The van der Waals surface area contributed by atoms with E-state index in [0.717, 1.165) is 13.8 Å². The molecule has 0 aliphatic heterocycles. The van der Waals surface area contributed by atoms with Crippen LogP contribution in [0, 0.1) is 0 Å². The predicted molar refractivity (Wildman–Crippen MR) is 27.3 cm³/mol. The van der Waals surface area contributed by atoms with Crippen LogP contribution in [0.5, 0.6) is 0 Å². The van der Waals surface area contributed by atoms with Crippen LogP contribution in [0.3, 0.4) is 0 Å². The molecule has 0 aromatic carbocycles. The fraction of sp³-hybridized carbons (Fsp3) is 0.600. The second kappa shape index (κ2) is 3.17. The minimum Gasteiger partial charge on any atom is -0.391 e. The quantitative estimate of drug-likeness (QED) is 0.386. The Kier molecular flexibility index (Phi) is 2.84. The van der Waals surface area contributed by atoms with Gasteiger partial charge in [-0.2, -0.15) is 0 Å². The van der Waals surface area contributed by atoms with Crippen molar-refractivity contribution < 1.29 is 18.7 Å². The summed E-state index contributed by atoms with van der Waals surface area (Å²) in [6.07, 6.45) is -1.73. The number of esters is 2. The van der Waals surface area contributed by atoms with Crippen molar-refractivity contribution in [1.82, 2.24) is 0 Å².